The van der Waals surface area contributed by atoms with Crippen molar-refractivity contribution >= 4 is 5.97 Å². The number of esters is 1. The van der Waals surface area contributed by atoms with Crippen LogP contribution in [-0.4, -0.2) is 84.4 Å². The molecule has 0 unspecified atom stereocenters. The van der Waals surface area contributed by atoms with Gasteiger partial charge in [-0.1, -0.05) is 46.6 Å². The molecule has 0 aliphatic carbocycles. The average molecular weight is 449 g/mol. The van der Waals surface area contributed by atoms with Crippen molar-refractivity contribution in [3.63, 3.8) is 0 Å². The van der Waals surface area contributed by atoms with Crippen LogP contribution in [-0.2, 0) is 14.3 Å². The molecule has 8 nitrogen and oxygen atoms in total. The minimum Gasteiger partial charge on any atom is -0.461 e. The molecule has 0 aromatic carbocycles. The molecule has 0 radical (unpaired) electrons. The van der Waals surface area contributed by atoms with Crippen LogP contribution < -0.4 is 0 Å². The lowest BCUT2D eigenvalue weighted by Gasteiger charge is -2.36. The number of rotatable bonds is 19. The van der Waals surface area contributed by atoms with Gasteiger partial charge < -0.3 is 35.0 Å². The lowest BCUT2D eigenvalue weighted by atomic mass is 9.70. The summed E-state index contributed by atoms with van der Waals surface area (Å²) < 4.78 is 11.0. The summed E-state index contributed by atoms with van der Waals surface area (Å²) in [5.41, 5.74) is -2.40. The van der Waals surface area contributed by atoms with Crippen LogP contribution in [0.1, 0.15) is 59.3 Å². The Morgan fingerprint density at radius 1 is 0.710 bits per heavy atom. The summed E-state index contributed by atoms with van der Waals surface area (Å²) in [6.45, 7) is 7.14. The van der Waals surface area contributed by atoms with Crippen molar-refractivity contribution in [2.45, 2.75) is 59.3 Å². The minimum atomic E-state index is -1.26. The van der Waals surface area contributed by atoms with Crippen molar-refractivity contribution in [1.29, 1.82) is 0 Å². The van der Waals surface area contributed by atoms with Crippen LogP contribution in [0.25, 0.3) is 0 Å². The zero-order valence-corrected chi connectivity index (χ0v) is 19.6. The molecule has 0 amide bonds. The first-order chi connectivity index (χ1) is 14.7. The molecule has 5 N–H and O–H groups in total. The summed E-state index contributed by atoms with van der Waals surface area (Å²) in [7, 11) is 0. The smallest absolute Gasteiger partial charge is 0.333 e. The van der Waals surface area contributed by atoms with Crippen molar-refractivity contribution in [3.05, 3.63) is 12.2 Å². The first-order valence-corrected chi connectivity index (χ1v) is 11.2. The number of carbonyl (C=O) groups excluding carboxylic acids is 1. The molecule has 0 saturated heterocycles. The van der Waals surface area contributed by atoms with E-state index in [1.165, 1.54) is 0 Å². The molecule has 0 atom stereocenters. The number of aliphatic hydroxyl groups is 5. The van der Waals surface area contributed by atoms with Gasteiger partial charge in [0.2, 0.25) is 0 Å². The normalized spacial score (nSPS) is 12.8. The van der Waals surface area contributed by atoms with Gasteiger partial charge in [-0.2, -0.15) is 0 Å². The lowest BCUT2D eigenvalue weighted by Crippen LogP contribution is -2.44. The van der Waals surface area contributed by atoms with E-state index in [4.69, 9.17) is 9.47 Å². The van der Waals surface area contributed by atoms with E-state index in [2.05, 4.69) is 27.4 Å². The van der Waals surface area contributed by atoms with E-state index in [0.717, 1.165) is 38.5 Å². The van der Waals surface area contributed by atoms with E-state index in [9.17, 15) is 30.3 Å². The monoisotopic (exact) mass is 448 g/mol. The van der Waals surface area contributed by atoms with Crippen LogP contribution in [0.2, 0.25) is 0 Å². The first-order valence-electron chi connectivity index (χ1n) is 11.2. The molecule has 31 heavy (non-hydrogen) atoms. The van der Waals surface area contributed by atoms with E-state index in [0.29, 0.717) is 5.57 Å². The van der Waals surface area contributed by atoms with Crippen LogP contribution in [0.5, 0.6) is 0 Å². The van der Waals surface area contributed by atoms with Gasteiger partial charge in [0, 0.05) is 11.0 Å². The van der Waals surface area contributed by atoms with Gasteiger partial charge in [-0.25, -0.2) is 4.79 Å². The highest BCUT2D eigenvalue weighted by Gasteiger charge is 2.38. The van der Waals surface area contributed by atoms with Crippen LogP contribution >= 0.6 is 0 Å². The van der Waals surface area contributed by atoms with Gasteiger partial charge in [0.05, 0.1) is 57.1 Å². The van der Waals surface area contributed by atoms with Crippen LogP contribution in [0.15, 0.2) is 12.2 Å². The van der Waals surface area contributed by atoms with Gasteiger partial charge in [-0.05, 0) is 19.3 Å². The number of carbonyl (C=O) groups is 1. The van der Waals surface area contributed by atoms with E-state index in [1.54, 1.807) is 0 Å². The fourth-order valence-electron chi connectivity index (χ4n) is 3.83. The molecule has 0 heterocycles. The highest BCUT2D eigenvalue weighted by atomic mass is 16.5. The topological polar surface area (TPSA) is 137 Å². The second-order valence-electron chi connectivity index (χ2n) is 8.87. The highest BCUT2D eigenvalue weighted by Crippen LogP contribution is 2.42. The summed E-state index contributed by atoms with van der Waals surface area (Å²) >= 11 is 0. The molecule has 0 rings (SSSR count). The van der Waals surface area contributed by atoms with Gasteiger partial charge >= 0.3 is 5.97 Å². The van der Waals surface area contributed by atoms with Crippen LogP contribution in [0, 0.1) is 16.2 Å². The molecule has 0 fully saturated rings. The van der Waals surface area contributed by atoms with Gasteiger partial charge in [-0.15, -0.1) is 0 Å². The summed E-state index contributed by atoms with van der Waals surface area (Å²) in [5, 5.41) is 47.8. The minimum absolute atomic E-state index is 0.189. The summed E-state index contributed by atoms with van der Waals surface area (Å²) in [5.74, 6) is -0.544. The maximum atomic E-state index is 12.8. The number of hydrogen-bond donors (Lipinski definition) is 5. The molecule has 0 aliphatic heterocycles. The van der Waals surface area contributed by atoms with E-state index in [1.807, 2.05) is 0 Å². The number of aliphatic hydroxyl groups excluding tert-OH is 5. The Balaban J connectivity index is 5.22. The van der Waals surface area contributed by atoms with Crippen LogP contribution in [0.3, 0.4) is 0 Å². The Labute approximate surface area is 186 Å². The second kappa shape index (κ2) is 14.9. The Kier molecular flexibility index (Phi) is 14.4. The van der Waals surface area contributed by atoms with Crippen molar-refractivity contribution in [2.75, 3.05) is 52.9 Å². The third-order valence-electron chi connectivity index (χ3n) is 6.08. The molecule has 0 saturated carbocycles. The SMILES string of the molecule is C=C(C(=O)OCC(CO)(CO)COCC(CO)(CO)CO)C(CCC)(CCC)CCC. The van der Waals surface area contributed by atoms with E-state index in [-0.39, 0.29) is 25.2 Å². The van der Waals surface area contributed by atoms with Gasteiger partial charge in [0.25, 0.3) is 0 Å². The van der Waals surface area contributed by atoms with Gasteiger partial charge in [0.1, 0.15) is 6.61 Å². The van der Waals surface area contributed by atoms with Gasteiger partial charge in [-0.3, -0.25) is 0 Å². The highest BCUT2D eigenvalue weighted by molar-refractivity contribution is 5.89. The largest absolute Gasteiger partial charge is 0.461 e. The molecule has 8 heteroatoms. The molecule has 0 bridgehead atoms. The predicted molar refractivity (Wildman–Crippen MR) is 118 cm³/mol. The molecule has 184 valence electrons. The summed E-state index contributed by atoms with van der Waals surface area (Å²) in [4.78, 5) is 12.8. The zero-order valence-electron chi connectivity index (χ0n) is 19.6. The molecule has 0 aliphatic rings. The quantitative estimate of drug-likeness (QED) is 0.148. The third kappa shape index (κ3) is 8.44. The Morgan fingerprint density at radius 3 is 1.45 bits per heavy atom. The number of hydrogen-bond acceptors (Lipinski definition) is 8. The average Bonchev–Trinajstić information content (AvgIpc) is 2.79. The maximum absolute atomic E-state index is 12.8. The first kappa shape index (κ1) is 30.0. The molecular weight excluding hydrogens is 404 g/mol. The molecule has 0 aromatic heterocycles. The fourth-order valence-corrected chi connectivity index (χ4v) is 3.83. The van der Waals surface area contributed by atoms with E-state index < -0.39 is 49.8 Å². The molecular formula is C23H44O8. The fraction of sp³-hybridized carbons (Fsp3) is 0.870. The predicted octanol–water partition coefficient (Wildman–Crippen LogP) is 1.42. The Hall–Kier alpha value is -1.03. The third-order valence-corrected chi connectivity index (χ3v) is 6.08. The summed E-state index contributed by atoms with van der Waals surface area (Å²) in [6.07, 6.45) is 5.26. The Bertz CT molecular complexity index is 486. The molecule has 0 spiro atoms. The number of ether oxygens (including phenoxy) is 2. The molecule has 0 aromatic rings. The maximum Gasteiger partial charge on any atom is 0.333 e. The van der Waals surface area contributed by atoms with E-state index >= 15 is 0 Å². The summed E-state index contributed by atoms with van der Waals surface area (Å²) in [6, 6.07) is 0. The van der Waals surface area contributed by atoms with Crippen molar-refractivity contribution in [1.82, 2.24) is 0 Å². The second-order valence-corrected chi connectivity index (χ2v) is 8.87. The van der Waals surface area contributed by atoms with Gasteiger partial charge in [0.15, 0.2) is 0 Å². The zero-order chi connectivity index (χ0) is 24.0. The standard InChI is InChI=1S/C23H44O8/c1-5-8-23(9-6-2,10-7-3)19(4)20(29)31-18-22(14-27,15-28)17-30-16-21(11-24,12-25)13-26/h24-28H,4-18H2,1-3H3. The van der Waals surface area contributed by atoms with Crippen molar-refractivity contribution in [3.8, 4) is 0 Å². The van der Waals surface area contributed by atoms with Crippen LogP contribution in [0.4, 0.5) is 0 Å². The lowest BCUT2D eigenvalue weighted by molar-refractivity contribution is -0.151. The van der Waals surface area contributed by atoms with Crippen molar-refractivity contribution < 1.29 is 39.8 Å². The van der Waals surface area contributed by atoms with Crippen molar-refractivity contribution in [2.24, 2.45) is 16.2 Å². The Morgan fingerprint density at radius 2 is 1.10 bits per heavy atom.